The molecule has 0 atom stereocenters. The molecule has 3 aromatic rings. The first kappa shape index (κ1) is 31.3. The van der Waals surface area contributed by atoms with Gasteiger partial charge in [0.25, 0.3) is 0 Å². The molecule has 1 fully saturated rings. The van der Waals surface area contributed by atoms with Crippen molar-refractivity contribution in [2.24, 2.45) is 5.41 Å². The number of fused-ring (bicyclic) bond motifs is 1. The second-order valence-corrected chi connectivity index (χ2v) is 11.8. The quantitative estimate of drug-likeness (QED) is 0.156. The van der Waals surface area contributed by atoms with E-state index in [9.17, 15) is 0 Å². The van der Waals surface area contributed by atoms with Crippen molar-refractivity contribution in [2.75, 3.05) is 43.9 Å². The summed E-state index contributed by atoms with van der Waals surface area (Å²) >= 11 is 0. The number of nitrogen functional groups attached to an aromatic ring is 1. The topological polar surface area (TPSA) is 73.2 Å². The average molecular weight is 551 g/mol. The number of piperazine rings is 1. The highest BCUT2D eigenvalue weighted by Crippen LogP contribution is 2.30. The number of likely N-dealkylation sites (N-methyl/N-ethyl adjacent to an activating group) is 1. The Hall–Kier alpha value is -4.21. The third-order valence-electron chi connectivity index (χ3n) is 7.19. The zero-order chi connectivity index (χ0) is 30.2. The maximum absolute atomic E-state index is 6.47. The molecule has 0 amide bonds. The summed E-state index contributed by atoms with van der Waals surface area (Å²) in [5.74, 6) is 0. The van der Waals surface area contributed by atoms with Crippen molar-refractivity contribution in [3.05, 3.63) is 96.3 Å². The zero-order valence-electron chi connectivity index (χ0n) is 25.4. The van der Waals surface area contributed by atoms with Gasteiger partial charge >= 0.3 is 0 Å². The Balaban J connectivity index is 0.00000226. The molecule has 0 saturated carbocycles. The molecule has 41 heavy (non-hydrogen) atoms. The number of aromatic amines is 1. The molecule has 6 heteroatoms. The lowest BCUT2D eigenvalue weighted by Crippen LogP contribution is -2.44. The summed E-state index contributed by atoms with van der Waals surface area (Å²) in [6.07, 6.45) is 19.6. The predicted molar refractivity (Wildman–Crippen MR) is 178 cm³/mol. The summed E-state index contributed by atoms with van der Waals surface area (Å²) in [5.41, 5.74) is 16.0. The molecular weight excluding hydrogens is 504 g/mol. The minimum atomic E-state index is 0.162. The van der Waals surface area contributed by atoms with E-state index < -0.39 is 0 Å². The van der Waals surface area contributed by atoms with Gasteiger partial charge in [-0.2, -0.15) is 0 Å². The Morgan fingerprint density at radius 3 is 2.49 bits per heavy atom. The number of pyridine rings is 1. The first-order chi connectivity index (χ1) is 19.6. The number of allylic oxidation sites excluding steroid dienone is 5. The number of nitrogens with two attached hydrogens (primary N) is 1. The number of rotatable bonds is 9. The van der Waals surface area contributed by atoms with Gasteiger partial charge in [-0.15, -0.1) is 12.8 Å². The van der Waals surface area contributed by atoms with Crippen LogP contribution < -0.4 is 16.0 Å². The second-order valence-electron chi connectivity index (χ2n) is 11.8. The van der Waals surface area contributed by atoms with Crippen LogP contribution >= 0.6 is 0 Å². The van der Waals surface area contributed by atoms with E-state index in [0.29, 0.717) is 6.42 Å². The van der Waals surface area contributed by atoms with Crippen LogP contribution in [0.5, 0.6) is 0 Å². The summed E-state index contributed by atoms with van der Waals surface area (Å²) < 4.78 is 0. The molecule has 2 aromatic heterocycles. The van der Waals surface area contributed by atoms with Crippen molar-refractivity contribution in [2.45, 2.75) is 40.5 Å². The molecule has 4 rings (SSSR count). The van der Waals surface area contributed by atoms with E-state index in [2.05, 4.69) is 116 Å². The maximum Gasteiger partial charge on any atom is 0.0663 e. The molecule has 6 nitrogen and oxygen atoms in total. The van der Waals surface area contributed by atoms with Crippen molar-refractivity contribution < 1.29 is 0 Å². The Bertz CT molecular complexity index is 1440. The van der Waals surface area contributed by atoms with Gasteiger partial charge in [0, 0.05) is 60.8 Å². The monoisotopic (exact) mass is 550 g/mol. The van der Waals surface area contributed by atoms with E-state index in [0.717, 1.165) is 77.6 Å². The summed E-state index contributed by atoms with van der Waals surface area (Å²) in [6.45, 7) is 21.1. The molecule has 4 N–H and O–H groups in total. The molecule has 0 radical (unpaired) electrons. The maximum atomic E-state index is 6.47. The van der Waals surface area contributed by atoms with Crippen molar-refractivity contribution in [1.82, 2.24) is 20.2 Å². The fourth-order valence-electron chi connectivity index (χ4n) is 5.17. The Morgan fingerprint density at radius 1 is 1.15 bits per heavy atom. The third-order valence-corrected chi connectivity index (χ3v) is 7.19. The number of terminal acetylenes is 1. The third kappa shape index (κ3) is 8.39. The van der Waals surface area contributed by atoms with Gasteiger partial charge in [0.05, 0.1) is 23.6 Å². The van der Waals surface area contributed by atoms with Crippen LogP contribution in [0.3, 0.4) is 0 Å². The fourth-order valence-corrected chi connectivity index (χ4v) is 5.17. The van der Waals surface area contributed by atoms with Crippen LogP contribution in [0.25, 0.3) is 16.5 Å². The normalized spacial score (nSPS) is 14.9. The number of nitrogens with one attached hydrogen (secondary N) is 2. The first-order valence-corrected chi connectivity index (χ1v) is 14.1. The first-order valence-electron chi connectivity index (χ1n) is 14.1. The van der Waals surface area contributed by atoms with Crippen LogP contribution in [0, 0.1) is 18.3 Å². The lowest BCUT2D eigenvalue weighted by atomic mass is 9.91. The minimum absolute atomic E-state index is 0.162. The lowest BCUT2D eigenvalue weighted by molar-refractivity contribution is 0.313. The van der Waals surface area contributed by atoms with E-state index in [1.54, 1.807) is 0 Å². The standard InChI is InChI=1S/C33H44N6.C2H2/c1-8-24(17-27(9-2)36-23(3)20-33(4,5)6)25-10-11-30(34)26(16-25)18-28-19-29-31(37-28)21-35-22-32(29)39-14-12-38(7)13-15-39;1-2/h8-11,16-17,19,21-22,36-37H,2-3,12-15,18,20,34H2,1,4-7H3;1-2H/b24-8+,27-17+;. The van der Waals surface area contributed by atoms with Crippen LogP contribution in [-0.2, 0) is 6.42 Å². The molecule has 0 bridgehead atoms. The lowest BCUT2D eigenvalue weighted by Gasteiger charge is -2.34. The number of nitrogens with zero attached hydrogens (tertiary/aromatic N) is 3. The number of benzene rings is 1. The molecule has 3 heterocycles. The van der Waals surface area contributed by atoms with Crippen molar-refractivity contribution in [3.8, 4) is 12.8 Å². The average Bonchev–Trinajstić information content (AvgIpc) is 3.35. The highest BCUT2D eigenvalue weighted by atomic mass is 15.2. The van der Waals surface area contributed by atoms with E-state index in [1.165, 1.54) is 11.1 Å². The largest absolute Gasteiger partial charge is 0.398 e. The van der Waals surface area contributed by atoms with E-state index in [1.807, 2.05) is 24.5 Å². The number of H-pyrrole nitrogens is 1. The SMILES string of the molecule is C#C.C=C/C(=C\C(=C/C)c1ccc(N)c(Cc2cc3c(N4CCN(C)CC4)cncc3[nH]2)c1)NC(=C)CC(C)(C)C. The van der Waals surface area contributed by atoms with Gasteiger partial charge in [-0.25, -0.2) is 0 Å². The van der Waals surface area contributed by atoms with E-state index >= 15 is 0 Å². The van der Waals surface area contributed by atoms with Gasteiger partial charge in [-0.1, -0.05) is 46.1 Å². The van der Waals surface area contributed by atoms with Crippen LogP contribution in [-0.4, -0.2) is 48.1 Å². The van der Waals surface area contributed by atoms with Gasteiger partial charge in [-0.3, -0.25) is 4.98 Å². The fraction of sp³-hybridized carbons (Fsp3) is 0.343. The van der Waals surface area contributed by atoms with Gasteiger partial charge in [-0.05, 0) is 72.9 Å². The Kier molecular flexibility index (Phi) is 10.6. The summed E-state index contributed by atoms with van der Waals surface area (Å²) in [6, 6.07) is 8.53. The molecular formula is C35H46N6. The van der Waals surface area contributed by atoms with Crippen molar-refractivity contribution in [1.29, 1.82) is 0 Å². The molecule has 1 aliphatic heterocycles. The van der Waals surface area contributed by atoms with Gasteiger partial charge in [0.15, 0.2) is 0 Å². The number of aromatic nitrogens is 2. The molecule has 0 aliphatic carbocycles. The molecule has 1 aliphatic rings. The van der Waals surface area contributed by atoms with Crippen molar-refractivity contribution in [3.63, 3.8) is 0 Å². The van der Waals surface area contributed by atoms with Crippen LogP contribution in [0.15, 0.2) is 79.4 Å². The number of anilines is 2. The van der Waals surface area contributed by atoms with Gasteiger partial charge < -0.3 is 25.8 Å². The molecule has 1 aromatic carbocycles. The van der Waals surface area contributed by atoms with Crippen molar-refractivity contribution >= 4 is 27.9 Å². The van der Waals surface area contributed by atoms with Gasteiger partial charge in [0.1, 0.15) is 0 Å². The summed E-state index contributed by atoms with van der Waals surface area (Å²) in [5, 5.41) is 4.65. The van der Waals surface area contributed by atoms with E-state index in [-0.39, 0.29) is 5.41 Å². The van der Waals surface area contributed by atoms with Crippen LogP contribution in [0.2, 0.25) is 0 Å². The number of hydrogen-bond acceptors (Lipinski definition) is 5. The minimum Gasteiger partial charge on any atom is -0.398 e. The molecule has 216 valence electrons. The van der Waals surface area contributed by atoms with Crippen LogP contribution in [0.1, 0.15) is 50.9 Å². The number of hydrogen-bond donors (Lipinski definition) is 3. The molecule has 0 unspecified atom stereocenters. The zero-order valence-corrected chi connectivity index (χ0v) is 25.4. The Labute approximate surface area is 246 Å². The highest BCUT2D eigenvalue weighted by Gasteiger charge is 2.18. The van der Waals surface area contributed by atoms with Gasteiger partial charge in [0.2, 0.25) is 0 Å². The summed E-state index contributed by atoms with van der Waals surface area (Å²) in [7, 11) is 2.18. The second kappa shape index (κ2) is 13.9. The predicted octanol–water partition coefficient (Wildman–Crippen LogP) is 6.75. The summed E-state index contributed by atoms with van der Waals surface area (Å²) in [4.78, 5) is 12.9. The van der Waals surface area contributed by atoms with Crippen LogP contribution in [0.4, 0.5) is 11.4 Å². The van der Waals surface area contributed by atoms with E-state index in [4.69, 9.17) is 5.73 Å². The molecule has 1 saturated heterocycles. The molecule has 0 spiro atoms. The highest BCUT2D eigenvalue weighted by molar-refractivity contribution is 5.92. The Morgan fingerprint density at radius 2 is 1.85 bits per heavy atom. The smallest absolute Gasteiger partial charge is 0.0663 e.